The quantitative estimate of drug-likeness (QED) is 0.835. The molecule has 0 saturated heterocycles. The van der Waals surface area contributed by atoms with E-state index in [0.717, 1.165) is 12.8 Å². The van der Waals surface area contributed by atoms with Gasteiger partial charge < -0.3 is 5.11 Å². The zero-order valence-corrected chi connectivity index (χ0v) is 9.03. The average Bonchev–Trinajstić information content (AvgIpc) is 2.29. The van der Waals surface area contributed by atoms with Crippen molar-refractivity contribution in [2.75, 3.05) is 0 Å². The van der Waals surface area contributed by atoms with Gasteiger partial charge in [0, 0.05) is 17.9 Å². The van der Waals surface area contributed by atoms with Crippen molar-refractivity contribution in [2.45, 2.75) is 31.8 Å². The van der Waals surface area contributed by atoms with Crippen LogP contribution in [0.4, 0.5) is 4.39 Å². The van der Waals surface area contributed by atoms with E-state index in [4.69, 9.17) is 0 Å². The molecule has 0 unspecified atom stereocenters. The van der Waals surface area contributed by atoms with Gasteiger partial charge in [0.2, 0.25) is 0 Å². The molecule has 1 N–H and O–H groups in total. The Hall–Kier alpha value is -1.22. The largest absolute Gasteiger partial charge is 0.388 e. The van der Waals surface area contributed by atoms with E-state index in [2.05, 4.69) is 0 Å². The topological polar surface area (TPSA) is 37.3 Å². The highest BCUT2D eigenvalue weighted by atomic mass is 19.1. The first kappa shape index (κ1) is 11.3. The van der Waals surface area contributed by atoms with Gasteiger partial charge in [-0.05, 0) is 18.9 Å². The summed E-state index contributed by atoms with van der Waals surface area (Å²) in [6.45, 7) is 0. The van der Waals surface area contributed by atoms with E-state index in [0.29, 0.717) is 12.8 Å². The highest BCUT2D eigenvalue weighted by molar-refractivity contribution is 5.82. The predicted molar refractivity (Wildman–Crippen MR) is 58.3 cm³/mol. The van der Waals surface area contributed by atoms with Crippen LogP contribution in [0.5, 0.6) is 0 Å². The van der Waals surface area contributed by atoms with Gasteiger partial charge >= 0.3 is 0 Å². The molecule has 2 nitrogen and oxygen atoms in total. The minimum Gasteiger partial charge on any atom is -0.388 e. The summed E-state index contributed by atoms with van der Waals surface area (Å²) >= 11 is 0. The van der Waals surface area contributed by atoms with Gasteiger partial charge in [-0.1, -0.05) is 24.6 Å². The molecule has 0 aromatic heterocycles. The molecular formula is C13H15FO2. The van der Waals surface area contributed by atoms with E-state index in [-0.39, 0.29) is 11.3 Å². The summed E-state index contributed by atoms with van der Waals surface area (Å²) in [6, 6.07) is 6.11. The molecule has 1 aliphatic carbocycles. The second-order valence-electron chi connectivity index (χ2n) is 4.28. The Bertz CT molecular complexity index is 389. The summed E-state index contributed by atoms with van der Waals surface area (Å²) in [5, 5.41) is 10.0. The second kappa shape index (κ2) is 4.74. The van der Waals surface area contributed by atoms with Crippen molar-refractivity contribution in [3.63, 3.8) is 0 Å². The highest BCUT2D eigenvalue weighted by Crippen LogP contribution is 2.32. The number of halogens is 1. The van der Waals surface area contributed by atoms with Crippen LogP contribution in [0.15, 0.2) is 24.3 Å². The van der Waals surface area contributed by atoms with E-state index in [1.165, 1.54) is 6.07 Å². The van der Waals surface area contributed by atoms with Crippen molar-refractivity contribution in [1.82, 2.24) is 0 Å². The molecule has 0 radical (unpaired) electrons. The molecule has 1 aliphatic rings. The molecule has 0 amide bonds. The molecule has 0 spiro atoms. The number of aliphatic hydroxyl groups excluding tert-OH is 1. The van der Waals surface area contributed by atoms with E-state index in [9.17, 15) is 14.3 Å². The molecule has 86 valence electrons. The van der Waals surface area contributed by atoms with Crippen LogP contribution >= 0.6 is 0 Å². The molecule has 0 bridgehead atoms. The van der Waals surface area contributed by atoms with Gasteiger partial charge in [-0.15, -0.1) is 0 Å². The Balaban J connectivity index is 2.21. The fraction of sp³-hybridized carbons (Fsp3) is 0.462. The number of benzene rings is 1. The predicted octanol–water partition coefficient (Wildman–Crippen LogP) is 2.62. The number of hydrogen-bond acceptors (Lipinski definition) is 2. The minimum atomic E-state index is -0.992. The number of ketones is 1. The third-order valence-corrected chi connectivity index (χ3v) is 3.21. The first-order chi connectivity index (χ1) is 7.70. The molecule has 2 rings (SSSR count). The van der Waals surface area contributed by atoms with E-state index in [1.54, 1.807) is 18.2 Å². The minimum absolute atomic E-state index is 0.0574. The number of carbonyl (C=O) groups is 1. The Morgan fingerprint density at radius 3 is 2.75 bits per heavy atom. The smallest absolute Gasteiger partial charge is 0.138 e. The second-order valence-corrected chi connectivity index (χ2v) is 4.28. The van der Waals surface area contributed by atoms with Gasteiger partial charge in [-0.25, -0.2) is 4.39 Å². The summed E-state index contributed by atoms with van der Waals surface area (Å²) in [6.07, 6.45) is 2.00. The standard InChI is InChI=1S/C13H15FO2/c14-11-7-3-1-5-9(11)13(16)10-6-2-4-8-12(10)15/h1,3,5,7,10,13,16H,2,4,6,8H2/t10-,13-/m1/s1. The molecule has 0 aliphatic heterocycles. The van der Waals surface area contributed by atoms with Crippen molar-refractivity contribution in [3.05, 3.63) is 35.6 Å². The molecule has 3 heteroatoms. The van der Waals surface area contributed by atoms with E-state index < -0.39 is 17.8 Å². The van der Waals surface area contributed by atoms with Crippen LogP contribution in [0, 0.1) is 11.7 Å². The number of carbonyl (C=O) groups excluding carboxylic acids is 1. The van der Waals surface area contributed by atoms with Crippen molar-refractivity contribution in [1.29, 1.82) is 0 Å². The van der Waals surface area contributed by atoms with Gasteiger partial charge in [0.25, 0.3) is 0 Å². The molecule has 1 saturated carbocycles. The van der Waals surface area contributed by atoms with Gasteiger partial charge in [-0.2, -0.15) is 0 Å². The van der Waals surface area contributed by atoms with Crippen LogP contribution in [0.1, 0.15) is 37.4 Å². The fourth-order valence-electron chi connectivity index (χ4n) is 2.28. The molecule has 1 aromatic carbocycles. The monoisotopic (exact) mass is 222 g/mol. The summed E-state index contributed by atoms with van der Waals surface area (Å²) < 4.78 is 13.5. The number of rotatable bonds is 2. The molecule has 16 heavy (non-hydrogen) atoms. The fourth-order valence-corrected chi connectivity index (χ4v) is 2.28. The zero-order valence-electron chi connectivity index (χ0n) is 9.03. The lowest BCUT2D eigenvalue weighted by Gasteiger charge is -2.25. The number of hydrogen-bond donors (Lipinski definition) is 1. The first-order valence-electron chi connectivity index (χ1n) is 5.65. The van der Waals surface area contributed by atoms with Gasteiger partial charge in [0.15, 0.2) is 0 Å². The maximum atomic E-state index is 13.5. The summed E-state index contributed by atoms with van der Waals surface area (Å²) in [4.78, 5) is 11.6. The van der Waals surface area contributed by atoms with Crippen LogP contribution in [-0.2, 0) is 4.79 Å². The maximum Gasteiger partial charge on any atom is 0.138 e. The summed E-state index contributed by atoms with van der Waals surface area (Å²) in [5.41, 5.74) is 0.239. The Morgan fingerprint density at radius 2 is 2.06 bits per heavy atom. The molecule has 1 aromatic rings. The first-order valence-corrected chi connectivity index (χ1v) is 5.65. The highest BCUT2D eigenvalue weighted by Gasteiger charge is 2.31. The average molecular weight is 222 g/mol. The summed E-state index contributed by atoms with van der Waals surface area (Å²) in [5.74, 6) is -0.805. The van der Waals surface area contributed by atoms with Crippen LogP contribution in [0.2, 0.25) is 0 Å². The molecular weight excluding hydrogens is 207 g/mol. The van der Waals surface area contributed by atoms with Crippen LogP contribution in [-0.4, -0.2) is 10.9 Å². The Morgan fingerprint density at radius 1 is 1.31 bits per heavy atom. The van der Waals surface area contributed by atoms with Crippen molar-refractivity contribution >= 4 is 5.78 Å². The third kappa shape index (κ3) is 2.14. The maximum absolute atomic E-state index is 13.5. The third-order valence-electron chi connectivity index (χ3n) is 3.21. The van der Waals surface area contributed by atoms with Crippen molar-refractivity contribution in [3.8, 4) is 0 Å². The molecule has 2 atom stereocenters. The van der Waals surface area contributed by atoms with Crippen molar-refractivity contribution in [2.24, 2.45) is 5.92 Å². The Labute approximate surface area is 94.1 Å². The number of Topliss-reactive ketones (excluding diaryl/α,β-unsaturated/α-hetero) is 1. The SMILES string of the molecule is O=C1CCCC[C@H]1[C@H](O)c1ccccc1F. The van der Waals surface area contributed by atoms with Crippen LogP contribution in [0.25, 0.3) is 0 Å². The van der Waals surface area contributed by atoms with Gasteiger partial charge in [-0.3, -0.25) is 4.79 Å². The molecule has 0 heterocycles. The number of aliphatic hydroxyl groups is 1. The lowest BCUT2D eigenvalue weighted by Crippen LogP contribution is -2.26. The van der Waals surface area contributed by atoms with Gasteiger partial charge in [0.05, 0.1) is 6.10 Å². The summed E-state index contributed by atoms with van der Waals surface area (Å²) in [7, 11) is 0. The van der Waals surface area contributed by atoms with Crippen LogP contribution in [0.3, 0.4) is 0 Å². The van der Waals surface area contributed by atoms with Gasteiger partial charge in [0.1, 0.15) is 11.6 Å². The van der Waals surface area contributed by atoms with Crippen molar-refractivity contribution < 1.29 is 14.3 Å². The molecule has 1 fully saturated rings. The van der Waals surface area contributed by atoms with E-state index >= 15 is 0 Å². The van der Waals surface area contributed by atoms with Crippen LogP contribution < -0.4 is 0 Å². The lowest BCUT2D eigenvalue weighted by molar-refractivity contribution is -0.128. The zero-order chi connectivity index (χ0) is 11.5. The normalized spacial score (nSPS) is 23.1. The lowest BCUT2D eigenvalue weighted by atomic mass is 9.81. The van der Waals surface area contributed by atoms with E-state index in [1.807, 2.05) is 0 Å². The Kier molecular flexibility index (Phi) is 3.34.